The number of anilines is 1. The number of hydrogen-bond donors (Lipinski definition) is 1. The predicted octanol–water partition coefficient (Wildman–Crippen LogP) is 5.47. The Morgan fingerprint density at radius 3 is 2.63 bits per heavy atom. The van der Waals surface area contributed by atoms with Crippen LogP contribution in [-0.4, -0.2) is 21.9 Å². The minimum Gasteiger partial charge on any atom is -0.296 e. The predicted molar refractivity (Wildman–Crippen MR) is 114 cm³/mol. The van der Waals surface area contributed by atoms with E-state index >= 15 is 0 Å². The van der Waals surface area contributed by atoms with Gasteiger partial charge in [0.2, 0.25) is 5.13 Å². The van der Waals surface area contributed by atoms with Gasteiger partial charge in [-0.1, -0.05) is 60.7 Å². The number of hydrogen-bond acceptors (Lipinski definition) is 5. The van der Waals surface area contributed by atoms with E-state index in [4.69, 9.17) is 0 Å². The van der Waals surface area contributed by atoms with Crippen molar-refractivity contribution in [3.8, 4) is 0 Å². The maximum absolute atomic E-state index is 12.6. The van der Waals surface area contributed by atoms with E-state index in [1.807, 2.05) is 30.3 Å². The average molecular weight is 398 g/mol. The summed E-state index contributed by atoms with van der Waals surface area (Å²) in [4.78, 5) is 13.6. The van der Waals surface area contributed by atoms with Gasteiger partial charge in [-0.2, -0.15) is 0 Å². The molecule has 0 saturated carbocycles. The number of aromatic nitrogens is 2. The molecule has 0 aliphatic carbocycles. The first-order chi connectivity index (χ1) is 13.3. The smallest absolute Gasteiger partial charge is 0.258 e. The molecule has 0 atom stereocenters. The van der Waals surface area contributed by atoms with Gasteiger partial charge in [0.25, 0.3) is 5.91 Å². The monoisotopic (exact) mass is 397 g/mol. The standard InChI is InChI=1S/C21H23N3OS2/c1-2-15-26-18-13-7-6-12-17(18)20(25)22-21-24-23-19(27-21)14-8-11-16-9-4-3-5-10-16/h3-7,9-10,12-13H,2,8,11,14-15H2,1H3,(H,22,24,25). The van der Waals surface area contributed by atoms with Crippen molar-refractivity contribution in [2.45, 2.75) is 37.5 Å². The molecule has 6 heteroatoms. The van der Waals surface area contributed by atoms with Crippen LogP contribution in [0, 0.1) is 0 Å². The molecule has 0 saturated heterocycles. The molecule has 0 aliphatic heterocycles. The Kier molecular flexibility index (Phi) is 7.42. The molecular formula is C21H23N3OS2. The van der Waals surface area contributed by atoms with E-state index in [-0.39, 0.29) is 5.91 Å². The number of amides is 1. The zero-order valence-electron chi connectivity index (χ0n) is 15.4. The van der Waals surface area contributed by atoms with Crippen LogP contribution >= 0.6 is 23.1 Å². The van der Waals surface area contributed by atoms with E-state index in [2.05, 4.69) is 46.7 Å². The summed E-state index contributed by atoms with van der Waals surface area (Å²) in [6, 6.07) is 18.1. The maximum Gasteiger partial charge on any atom is 0.258 e. The number of rotatable bonds is 9. The Bertz CT molecular complexity index is 865. The van der Waals surface area contributed by atoms with Crippen LogP contribution in [0.5, 0.6) is 0 Å². The van der Waals surface area contributed by atoms with Gasteiger partial charge in [-0.15, -0.1) is 22.0 Å². The zero-order chi connectivity index (χ0) is 18.9. The van der Waals surface area contributed by atoms with Gasteiger partial charge in [0.1, 0.15) is 5.01 Å². The second kappa shape index (κ2) is 10.2. The van der Waals surface area contributed by atoms with Crippen molar-refractivity contribution in [3.63, 3.8) is 0 Å². The lowest BCUT2D eigenvalue weighted by Crippen LogP contribution is -2.12. The number of aryl methyl sites for hydroxylation is 2. The zero-order valence-corrected chi connectivity index (χ0v) is 17.0. The van der Waals surface area contributed by atoms with Crippen LogP contribution in [-0.2, 0) is 12.8 Å². The molecule has 2 aromatic carbocycles. The average Bonchev–Trinajstić information content (AvgIpc) is 3.14. The van der Waals surface area contributed by atoms with E-state index < -0.39 is 0 Å². The summed E-state index contributed by atoms with van der Waals surface area (Å²) >= 11 is 3.16. The highest BCUT2D eigenvalue weighted by Gasteiger charge is 2.14. The Morgan fingerprint density at radius 2 is 1.81 bits per heavy atom. The highest BCUT2D eigenvalue weighted by Crippen LogP contribution is 2.25. The van der Waals surface area contributed by atoms with Crippen molar-refractivity contribution in [1.29, 1.82) is 0 Å². The molecule has 0 aliphatic rings. The van der Waals surface area contributed by atoms with Crippen molar-refractivity contribution in [2.24, 2.45) is 0 Å². The van der Waals surface area contributed by atoms with Crippen molar-refractivity contribution in [3.05, 3.63) is 70.7 Å². The van der Waals surface area contributed by atoms with Crippen LogP contribution in [0.15, 0.2) is 59.5 Å². The second-order valence-electron chi connectivity index (χ2n) is 6.14. The molecule has 0 bridgehead atoms. The fourth-order valence-electron chi connectivity index (χ4n) is 2.65. The van der Waals surface area contributed by atoms with Gasteiger partial charge in [-0.25, -0.2) is 0 Å². The Balaban J connectivity index is 1.55. The summed E-state index contributed by atoms with van der Waals surface area (Å²) in [7, 11) is 0. The normalized spacial score (nSPS) is 10.7. The summed E-state index contributed by atoms with van der Waals surface area (Å²) < 4.78 is 0. The Morgan fingerprint density at radius 1 is 1.04 bits per heavy atom. The van der Waals surface area contributed by atoms with E-state index in [1.54, 1.807) is 11.8 Å². The minimum absolute atomic E-state index is 0.124. The molecule has 1 heterocycles. The fraction of sp³-hybridized carbons (Fsp3) is 0.286. The van der Waals surface area contributed by atoms with Gasteiger partial charge < -0.3 is 0 Å². The lowest BCUT2D eigenvalue weighted by atomic mass is 10.1. The molecule has 27 heavy (non-hydrogen) atoms. The molecule has 1 N–H and O–H groups in total. The molecule has 0 fully saturated rings. The van der Waals surface area contributed by atoms with Crippen LogP contribution in [0.1, 0.15) is 40.7 Å². The highest BCUT2D eigenvalue weighted by molar-refractivity contribution is 7.99. The van der Waals surface area contributed by atoms with E-state index in [0.29, 0.717) is 10.7 Å². The number of thioether (sulfide) groups is 1. The molecule has 0 radical (unpaired) electrons. The van der Waals surface area contributed by atoms with Crippen molar-refractivity contribution in [2.75, 3.05) is 11.1 Å². The summed E-state index contributed by atoms with van der Waals surface area (Å²) in [6.45, 7) is 2.14. The third-order valence-electron chi connectivity index (χ3n) is 3.98. The van der Waals surface area contributed by atoms with Gasteiger partial charge in [0.05, 0.1) is 5.56 Å². The largest absolute Gasteiger partial charge is 0.296 e. The van der Waals surface area contributed by atoms with Gasteiger partial charge in [0.15, 0.2) is 0 Å². The first-order valence-electron chi connectivity index (χ1n) is 9.15. The molecule has 3 aromatic rings. The van der Waals surface area contributed by atoms with E-state index in [1.165, 1.54) is 16.9 Å². The molecule has 0 unspecified atom stereocenters. The van der Waals surface area contributed by atoms with E-state index in [0.717, 1.165) is 41.3 Å². The lowest BCUT2D eigenvalue weighted by molar-refractivity contribution is 0.102. The first kappa shape index (κ1) is 19.6. The van der Waals surface area contributed by atoms with Crippen LogP contribution in [0.4, 0.5) is 5.13 Å². The number of benzene rings is 2. The topological polar surface area (TPSA) is 54.9 Å². The van der Waals surface area contributed by atoms with Gasteiger partial charge in [-0.3, -0.25) is 10.1 Å². The molecule has 1 aromatic heterocycles. The van der Waals surface area contributed by atoms with Gasteiger partial charge in [-0.05, 0) is 42.7 Å². The Labute approximate surface area is 168 Å². The minimum atomic E-state index is -0.124. The number of nitrogens with one attached hydrogen (secondary N) is 1. The number of carbonyl (C=O) groups excluding carboxylic acids is 1. The molecule has 4 nitrogen and oxygen atoms in total. The SMILES string of the molecule is CCCSc1ccccc1C(=O)Nc1nnc(CCCc2ccccc2)s1. The summed E-state index contributed by atoms with van der Waals surface area (Å²) in [5.41, 5.74) is 2.02. The third-order valence-corrected chi connectivity index (χ3v) is 6.16. The highest BCUT2D eigenvalue weighted by atomic mass is 32.2. The van der Waals surface area contributed by atoms with Crippen molar-refractivity contribution in [1.82, 2.24) is 10.2 Å². The molecule has 1 amide bonds. The van der Waals surface area contributed by atoms with Crippen molar-refractivity contribution < 1.29 is 4.79 Å². The molecule has 0 spiro atoms. The van der Waals surface area contributed by atoms with Gasteiger partial charge >= 0.3 is 0 Å². The quantitative estimate of drug-likeness (QED) is 0.487. The summed E-state index contributed by atoms with van der Waals surface area (Å²) in [5.74, 6) is 0.871. The Hall–Kier alpha value is -2.18. The van der Waals surface area contributed by atoms with Crippen LogP contribution in [0.2, 0.25) is 0 Å². The van der Waals surface area contributed by atoms with E-state index in [9.17, 15) is 4.79 Å². The van der Waals surface area contributed by atoms with Crippen LogP contribution in [0.25, 0.3) is 0 Å². The number of carbonyl (C=O) groups is 1. The maximum atomic E-state index is 12.6. The number of nitrogens with zero attached hydrogens (tertiary/aromatic N) is 2. The lowest BCUT2D eigenvalue weighted by Gasteiger charge is -2.07. The summed E-state index contributed by atoms with van der Waals surface area (Å²) in [6.07, 6.45) is 3.97. The van der Waals surface area contributed by atoms with Crippen LogP contribution < -0.4 is 5.32 Å². The molecule has 140 valence electrons. The molecule has 3 rings (SSSR count). The van der Waals surface area contributed by atoms with Crippen molar-refractivity contribution >= 4 is 34.1 Å². The summed E-state index contributed by atoms with van der Waals surface area (Å²) in [5, 5.41) is 12.8. The second-order valence-corrected chi connectivity index (χ2v) is 8.34. The fourth-order valence-corrected chi connectivity index (χ4v) is 4.34. The van der Waals surface area contributed by atoms with Crippen LogP contribution in [0.3, 0.4) is 0 Å². The molecular weight excluding hydrogens is 374 g/mol. The third kappa shape index (κ3) is 5.91. The van der Waals surface area contributed by atoms with Gasteiger partial charge in [0, 0.05) is 11.3 Å². The first-order valence-corrected chi connectivity index (χ1v) is 11.0.